The number of rotatable bonds is 5. The van der Waals surface area contributed by atoms with E-state index in [1.54, 1.807) is 7.11 Å². The summed E-state index contributed by atoms with van der Waals surface area (Å²) in [5.74, 6) is 0.943. The highest BCUT2D eigenvalue weighted by Gasteiger charge is 2.40. The van der Waals surface area contributed by atoms with Crippen LogP contribution in [0.15, 0.2) is 0 Å². The summed E-state index contributed by atoms with van der Waals surface area (Å²) < 4.78 is 5.06. The van der Waals surface area contributed by atoms with E-state index in [1.807, 2.05) is 4.90 Å². The molecule has 0 bridgehead atoms. The van der Waals surface area contributed by atoms with Crippen molar-refractivity contribution >= 4 is 6.03 Å². The van der Waals surface area contributed by atoms with Gasteiger partial charge in [-0.05, 0) is 18.8 Å². The van der Waals surface area contributed by atoms with Crippen LogP contribution >= 0.6 is 0 Å². The van der Waals surface area contributed by atoms with Gasteiger partial charge in [0, 0.05) is 46.4 Å². The van der Waals surface area contributed by atoms with Gasteiger partial charge in [-0.25, -0.2) is 4.79 Å². The average molecular weight is 253 g/mol. The number of carbonyl (C=O) groups excluding carboxylic acids is 1. The molecule has 18 heavy (non-hydrogen) atoms. The third-order valence-electron chi connectivity index (χ3n) is 4.29. The van der Waals surface area contributed by atoms with E-state index in [0.29, 0.717) is 12.6 Å². The van der Waals surface area contributed by atoms with Crippen LogP contribution in [0.25, 0.3) is 0 Å². The van der Waals surface area contributed by atoms with Gasteiger partial charge in [0.1, 0.15) is 0 Å². The van der Waals surface area contributed by atoms with E-state index in [0.717, 1.165) is 38.6 Å². The summed E-state index contributed by atoms with van der Waals surface area (Å²) >= 11 is 0. The first-order valence-corrected chi connectivity index (χ1v) is 7.05. The van der Waals surface area contributed by atoms with Gasteiger partial charge in [-0.2, -0.15) is 0 Å². The van der Waals surface area contributed by atoms with Crippen LogP contribution in [0.3, 0.4) is 0 Å². The van der Waals surface area contributed by atoms with Crippen LogP contribution in [0, 0.1) is 5.92 Å². The molecule has 2 heterocycles. The van der Waals surface area contributed by atoms with Gasteiger partial charge < -0.3 is 14.5 Å². The smallest absolute Gasteiger partial charge is 0.320 e. The number of hydrogen-bond acceptors (Lipinski definition) is 3. The van der Waals surface area contributed by atoms with Crippen molar-refractivity contribution in [3.05, 3.63) is 0 Å². The zero-order chi connectivity index (χ0) is 12.5. The van der Waals surface area contributed by atoms with Gasteiger partial charge in [-0.3, -0.25) is 4.90 Å². The fourth-order valence-corrected chi connectivity index (χ4v) is 3.06. The summed E-state index contributed by atoms with van der Waals surface area (Å²) in [6.07, 6.45) is 2.81. The predicted molar refractivity (Wildman–Crippen MR) is 68.5 cm³/mol. The van der Waals surface area contributed by atoms with Crippen molar-refractivity contribution in [2.75, 3.05) is 53.0 Å². The number of nitrogens with zero attached hydrogens (tertiary/aromatic N) is 3. The lowest BCUT2D eigenvalue weighted by Crippen LogP contribution is -2.52. The number of hydrogen-bond donors (Lipinski definition) is 0. The normalized spacial score (nSPS) is 28.9. The Hall–Kier alpha value is -0.810. The topological polar surface area (TPSA) is 36.0 Å². The fourth-order valence-electron chi connectivity index (χ4n) is 3.06. The predicted octanol–water partition coefficient (Wildman–Crippen LogP) is 0.465. The van der Waals surface area contributed by atoms with Crippen LogP contribution in [-0.4, -0.2) is 79.8 Å². The molecule has 0 spiro atoms. The second kappa shape index (κ2) is 5.05. The van der Waals surface area contributed by atoms with Crippen LogP contribution in [-0.2, 0) is 4.74 Å². The standard InChI is InChI=1S/C13H23N3O2/c1-18-7-6-15-10-12-9-14(8-11-2-3-11)4-5-16(12)13(15)17/h11-12H,2-10H2,1H3. The molecular formula is C13H23N3O2. The largest absolute Gasteiger partial charge is 0.383 e. The Balaban J connectivity index is 1.54. The highest BCUT2D eigenvalue weighted by Crippen LogP contribution is 2.31. The average Bonchev–Trinajstić information content (AvgIpc) is 3.12. The second-order valence-electron chi connectivity index (χ2n) is 5.77. The highest BCUT2D eigenvalue weighted by molar-refractivity contribution is 5.77. The molecule has 0 aromatic heterocycles. The minimum Gasteiger partial charge on any atom is -0.383 e. The van der Waals surface area contributed by atoms with E-state index in [2.05, 4.69) is 9.80 Å². The first kappa shape index (κ1) is 12.2. The van der Waals surface area contributed by atoms with Crippen LogP contribution in [0.4, 0.5) is 4.79 Å². The summed E-state index contributed by atoms with van der Waals surface area (Å²) in [4.78, 5) is 18.7. The number of fused-ring (bicyclic) bond motifs is 1. The molecule has 0 radical (unpaired) electrons. The van der Waals surface area contributed by atoms with Gasteiger partial charge in [-0.1, -0.05) is 0 Å². The Bertz CT molecular complexity index is 319. The maximum Gasteiger partial charge on any atom is 0.320 e. The molecule has 5 heteroatoms. The molecule has 2 saturated heterocycles. The lowest BCUT2D eigenvalue weighted by Gasteiger charge is -2.36. The van der Waals surface area contributed by atoms with E-state index in [-0.39, 0.29) is 6.03 Å². The lowest BCUT2D eigenvalue weighted by atomic mass is 10.2. The SMILES string of the molecule is COCCN1CC2CN(CC3CC3)CCN2C1=O. The number of methoxy groups -OCH3 is 1. The molecule has 3 fully saturated rings. The van der Waals surface area contributed by atoms with Gasteiger partial charge in [0.15, 0.2) is 0 Å². The molecule has 3 aliphatic rings. The molecule has 102 valence electrons. The minimum absolute atomic E-state index is 0.211. The van der Waals surface area contributed by atoms with Crippen LogP contribution in [0.5, 0.6) is 0 Å². The van der Waals surface area contributed by atoms with Crippen LogP contribution in [0.1, 0.15) is 12.8 Å². The summed E-state index contributed by atoms with van der Waals surface area (Å²) in [6.45, 7) is 6.51. The van der Waals surface area contributed by atoms with Gasteiger partial charge in [0.25, 0.3) is 0 Å². The number of amides is 2. The minimum atomic E-state index is 0.211. The molecule has 1 saturated carbocycles. The van der Waals surface area contributed by atoms with Crippen molar-refractivity contribution in [3.63, 3.8) is 0 Å². The second-order valence-corrected chi connectivity index (χ2v) is 5.77. The van der Waals surface area contributed by atoms with E-state index >= 15 is 0 Å². The molecule has 5 nitrogen and oxygen atoms in total. The third kappa shape index (κ3) is 2.47. The van der Waals surface area contributed by atoms with Crippen molar-refractivity contribution in [3.8, 4) is 0 Å². The number of carbonyl (C=O) groups is 1. The molecule has 1 unspecified atom stereocenters. The quantitative estimate of drug-likeness (QED) is 0.714. The lowest BCUT2D eigenvalue weighted by molar-refractivity contribution is 0.117. The molecule has 0 aromatic carbocycles. The van der Waals surface area contributed by atoms with Crippen molar-refractivity contribution in [1.82, 2.24) is 14.7 Å². The molecular weight excluding hydrogens is 230 g/mol. The molecule has 2 aliphatic heterocycles. The first-order chi connectivity index (χ1) is 8.78. The zero-order valence-corrected chi connectivity index (χ0v) is 11.2. The first-order valence-electron chi connectivity index (χ1n) is 7.05. The molecule has 0 N–H and O–H groups in total. The summed E-state index contributed by atoms with van der Waals surface area (Å²) in [7, 11) is 1.69. The van der Waals surface area contributed by atoms with Crippen molar-refractivity contribution in [2.24, 2.45) is 5.92 Å². The maximum absolute atomic E-state index is 12.2. The van der Waals surface area contributed by atoms with Crippen molar-refractivity contribution < 1.29 is 9.53 Å². The molecule has 2 amide bonds. The number of ether oxygens (including phenoxy) is 1. The molecule has 1 atom stereocenters. The molecule has 0 aromatic rings. The molecule has 1 aliphatic carbocycles. The van der Waals surface area contributed by atoms with Crippen molar-refractivity contribution in [1.29, 1.82) is 0 Å². The van der Waals surface area contributed by atoms with Crippen LogP contribution in [0.2, 0.25) is 0 Å². The van der Waals surface area contributed by atoms with E-state index < -0.39 is 0 Å². The van der Waals surface area contributed by atoms with Crippen LogP contribution < -0.4 is 0 Å². The van der Waals surface area contributed by atoms with E-state index in [1.165, 1.54) is 19.4 Å². The zero-order valence-electron chi connectivity index (χ0n) is 11.2. The highest BCUT2D eigenvalue weighted by atomic mass is 16.5. The summed E-state index contributed by atoms with van der Waals surface area (Å²) in [5.41, 5.74) is 0. The van der Waals surface area contributed by atoms with Gasteiger partial charge >= 0.3 is 6.03 Å². The fraction of sp³-hybridized carbons (Fsp3) is 0.923. The Morgan fingerprint density at radius 2 is 2.11 bits per heavy atom. The monoisotopic (exact) mass is 253 g/mol. The van der Waals surface area contributed by atoms with Gasteiger partial charge in [0.05, 0.1) is 12.6 Å². The Morgan fingerprint density at radius 1 is 1.28 bits per heavy atom. The maximum atomic E-state index is 12.2. The van der Waals surface area contributed by atoms with Gasteiger partial charge in [-0.15, -0.1) is 0 Å². The summed E-state index contributed by atoms with van der Waals surface area (Å²) in [5, 5.41) is 0. The Kier molecular flexibility index (Phi) is 3.43. The Labute approximate surface area is 109 Å². The van der Waals surface area contributed by atoms with Gasteiger partial charge in [0.2, 0.25) is 0 Å². The van der Waals surface area contributed by atoms with E-state index in [9.17, 15) is 4.79 Å². The molecule has 3 rings (SSSR count). The number of piperazine rings is 1. The Morgan fingerprint density at radius 3 is 2.83 bits per heavy atom. The number of urea groups is 1. The van der Waals surface area contributed by atoms with Crippen molar-refractivity contribution in [2.45, 2.75) is 18.9 Å². The summed E-state index contributed by atoms with van der Waals surface area (Å²) in [6, 6.07) is 0.616. The van der Waals surface area contributed by atoms with E-state index in [4.69, 9.17) is 4.74 Å². The third-order valence-corrected chi connectivity index (χ3v) is 4.29.